The molecule has 2 aromatic carbocycles. The van der Waals surface area contributed by atoms with Gasteiger partial charge in [0.25, 0.3) is 0 Å². The molecule has 23 heavy (non-hydrogen) atoms. The fraction of sp³-hybridized carbons (Fsp3) is 0.250. The Balaban J connectivity index is 2.03. The van der Waals surface area contributed by atoms with Crippen LogP contribution in [0, 0.1) is 6.92 Å². The Morgan fingerprint density at radius 1 is 1.09 bits per heavy atom. The number of hydrogen-bond acceptors (Lipinski definition) is 5. The van der Waals surface area contributed by atoms with Gasteiger partial charge in [-0.2, -0.15) is 13.1 Å². The molecule has 0 aliphatic carbocycles. The summed E-state index contributed by atoms with van der Waals surface area (Å²) < 4.78 is 35.9. The van der Waals surface area contributed by atoms with Crippen LogP contribution in [0.5, 0.6) is 0 Å². The highest BCUT2D eigenvalue weighted by Gasteiger charge is 2.26. The standard InChI is InChI=1S/C16H17N3O2S2/c1-3-19(11-13-8-5-4-7-12(13)2)23(20,21)15-10-6-9-14-16(15)18-22-17-14/h4-10H,3,11H2,1-2H3. The average Bonchev–Trinajstić information content (AvgIpc) is 3.02. The van der Waals surface area contributed by atoms with Crippen molar-refractivity contribution in [3.63, 3.8) is 0 Å². The third kappa shape index (κ3) is 2.99. The van der Waals surface area contributed by atoms with Crippen LogP contribution < -0.4 is 0 Å². The van der Waals surface area contributed by atoms with Gasteiger partial charge in [0.05, 0.1) is 11.7 Å². The topological polar surface area (TPSA) is 63.2 Å². The SMILES string of the molecule is CCN(Cc1ccccc1C)S(=O)(=O)c1cccc2nsnc12. The predicted octanol–water partition coefficient (Wildman–Crippen LogP) is 3.21. The number of benzene rings is 2. The number of aryl methyl sites for hydroxylation is 1. The Hall–Kier alpha value is -1.83. The first-order valence-corrected chi connectivity index (χ1v) is 9.47. The summed E-state index contributed by atoms with van der Waals surface area (Å²) in [5, 5.41) is 0. The summed E-state index contributed by atoms with van der Waals surface area (Å²) in [6, 6.07) is 12.9. The minimum atomic E-state index is -3.63. The lowest BCUT2D eigenvalue weighted by Crippen LogP contribution is -2.30. The molecule has 1 aromatic heterocycles. The third-order valence-electron chi connectivity index (χ3n) is 3.83. The summed E-state index contributed by atoms with van der Waals surface area (Å²) in [5.41, 5.74) is 3.14. The van der Waals surface area contributed by atoms with Crippen molar-refractivity contribution in [3.8, 4) is 0 Å². The van der Waals surface area contributed by atoms with E-state index in [-0.39, 0.29) is 4.90 Å². The molecule has 7 heteroatoms. The molecule has 0 amide bonds. The molecular weight excluding hydrogens is 330 g/mol. The van der Waals surface area contributed by atoms with E-state index >= 15 is 0 Å². The zero-order chi connectivity index (χ0) is 16.4. The highest BCUT2D eigenvalue weighted by atomic mass is 32.2. The van der Waals surface area contributed by atoms with Crippen molar-refractivity contribution in [2.45, 2.75) is 25.3 Å². The minimum absolute atomic E-state index is 0.221. The predicted molar refractivity (Wildman–Crippen MR) is 91.9 cm³/mol. The van der Waals surface area contributed by atoms with E-state index in [1.807, 2.05) is 38.1 Å². The summed E-state index contributed by atoms with van der Waals surface area (Å²) in [4.78, 5) is 0.221. The van der Waals surface area contributed by atoms with Crippen molar-refractivity contribution in [2.75, 3.05) is 6.54 Å². The van der Waals surface area contributed by atoms with Gasteiger partial charge in [0.1, 0.15) is 15.9 Å². The van der Waals surface area contributed by atoms with Crippen molar-refractivity contribution >= 4 is 32.8 Å². The van der Waals surface area contributed by atoms with Crippen LogP contribution in [0.3, 0.4) is 0 Å². The maximum atomic E-state index is 13.1. The normalized spacial score (nSPS) is 12.1. The molecule has 0 fully saturated rings. The monoisotopic (exact) mass is 347 g/mol. The second-order valence-electron chi connectivity index (χ2n) is 5.25. The molecule has 0 N–H and O–H groups in total. The fourth-order valence-electron chi connectivity index (χ4n) is 2.47. The Labute approximate surface area is 140 Å². The van der Waals surface area contributed by atoms with Gasteiger partial charge in [-0.15, -0.1) is 0 Å². The van der Waals surface area contributed by atoms with Crippen LogP contribution in [-0.2, 0) is 16.6 Å². The van der Waals surface area contributed by atoms with Crippen LogP contribution in [0.25, 0.3) is 11.0 Å². The van der Waals surface area contributed by atoms with E-state index in [0.717, 1.165) is 22.9 Å². The van der Waals surface area contributed by atoms with E-state index in [0.29, 0.717) is 24.1 Å². The highest BCUT2D eigenvalue weighted by Crippen LogP contribution is 2.25. The number of aromatic nitrogens is 2. The summed E-state index contributed by atoms with van der Waals surface area (Å²) in [7, 11) is -3.63. The van der Waals surface area contributed by atoms with E-state index in [1.165, 1.54) is 4.31 Å². The Kier molecular flexibility index (Phi) is 4.43. The molecule has 3 rings (SSSR count). The van der Waals surface area contributed by atoms with Crippen LogP contribution in [-0.4, -0.2) is 28.0 Å². The highest BCUT2D eigenvalue weighted by molar-refractivity contribution is 7.89. The van der Waals surface area contributed by atoms with E-state index in [4.69, 9.17) is 0 Å². The molecule has 0 saturated heterocycles. The van der Waals surface area contributed by atoms with Crippen molar-refractivity contribution in [1.82, 2.24) is 13.1 Å². The Bertz CT molecular complexity index is 935. The van der Waals surface area contributed by atoms with Crippen LogP contribution in [0.2, 0.25) is 0 Å². The molecule has 0 saturated carbocycles. The van der Waals surface area contributed by atoms with Gasteiger partial charge in [0.15, 0.2) is 0 Å². The summed E-state index contributed by atoms with van der Waals surface area (Å²) in [5.74, 6) is 0. The molecule has 120 valence electrons. The van der Waals surface area contributed by atoms with Gasteiger partial charge >= 0.3 is 0 Å². The molecule has 0 aliphatic heterocycles. The summed E-state index contributed by atoms with van der Waals surface area (Å²) in [6.45, 7) is 4.57. The number of sulfonamides is 1. The zero-order valence-electron chi connectivity index (χ0n) is 12.9. The van der Waals surface area contributed by atoms with E-state index in [9.17, 15) is 8.42 Å². The second kappa shape index (κ2) is 6.35. The lowest BCUT2D eigenvalue weighted by Gasteiger charge is -2.21. The largest absolute Gasteiger partial charge is 0.245 e. The Morgan fingerprint density at radius 3 is 2.61 bits per heavy atom. The fourth-order valence-corrected chi connectivity index (χ4v) is 4.65. The van der Waals surface area contributed by atoms with Crippen LogP contribution in [0.1, 0.15) is 18.1 Å². The summed E-state index contributed by atoms with van der Waals surface area (Å²) in [6.07, 6.45) is 0. The van der Waals surface area contributed by atoms with Gasteiger partial charge < -0.3 is 0 Å². The van der Waals surface area contributed by atoms with Crippen molar-refractivity contribution < 1.29 is 8.42 Å². The van der Waals surface area contributed by atoms with E-state index < -0.39 is 10.0 Å². The molecule has 0 radical (unpaired) electrons. The molecule has 0 unspecified atom stereocenters. The number of nitrogens with zero attached hydrogens (tertiary/aromatic N) is 3. The third-order valence-corrected chi connectivity index (χ3v) is 6.32. The zero-order valence-corrected chi connectivity index (χ0v) is 14.6. The molecule has 0 atom stereocenters. The lowest BCUT2D eigenvalue weighted by atomic mass is 10.1. The van der Waals surface area contributed by atoms with Gasteiger partial charge in [-0.05, 0) is 30.2 Å². The van der Waals surface area contributed by atoms with Crippen molar-refractivity contribution in [1.29, 1.82) is 0 Å². The molecule has 1 heterocycles. The lowest BCUT2D eigenvalue weighted by molar-refractivity contribution is 0.423. The molecule has 3 aromatic rings. The smallest absolute Gasteiger partial charge is 0.207 e. The van der Waals surface area contributed by atoms with Crippen molar-refractivity contribution in [2.24, 2.45) is 0 Å². The molecule has 0 bridgehead atoms. The average molecular weight is 347 g/mol. The maximum Gasteiger partial charge on any atom is 0.245 e. The van der Waals surface area contributed by atoms with Gasteiger partial charge in [-0.25, -0.2) is 8.42 Å². The molecule has 0 aliphatic rings. The van der Waals surface area contributed by atoms with Crippen LogP contribution in [0.15, 0.2) is 47.4 Å². The molecule has 0 spiro atoms. The van der Waals surface area contributed by atoms with Crippen LogP contribution >= 0.6 is 11.7 Å². The van der Waals surface area contributed by atoms with Crippen LogP contribution in [0.4, 0.5) is 0 Å². The van der Waals surface area contributed by atoms with Gasteiger partial charge in [-0.1, -0.05) is 37.3 Å². The van der Waals surface area contributed by atoms with Gasteiger partial charge in [-0.3, -0.25) is 0 Å². The van der Waals surface area contributed by atoms with E-state index in [2.05, 4.69) is 8.75 Å². The quantitative estimate of drug-likeness (QED) is 0.711. The first kappa shape index (κ1) is 16.0. The first-order valence-electron chi connectivity index (χ1n) is 7.30. The Morgan fingerprint density at radius 2 is 1.87 bits per heavy atom. The summed E-state index contributed by atoms with van der Waals surface area (Å²) >= 11 is 1.03. The first-order chi connectivity index (χ1) is 11.0. The van der Waals surface area contributed by atoms with Gasteiger partial charge in [0, 0.05) is 13.1 Å². The maximum absolute atomic E-state index is 13.1. The second-order valence-corrected chi connectivity index (χ2v) is 7.68. The van der Waals surface area contributed by atoms with E-state index in [1.54, 1.807) is 18.2 Å². The minimum Gasteiger partial charge on any atom is -0.207 e. The van der Waals surface area contributed by atoms with Gasteiger partial charge in [0.2, 0.25) is 10.0 Å². The molecule has 5 nitrogen and oxygen atoms in total. The van der Waals surface area contributed by atoms with Crippen molar-refractivity contribution in [3.05, 3.63) is 53.6 Å². The number of fused-ring (bicyclic) bond motifs is 1. The molecular formula is C16H17N3O2S2. The number of rotatable bonds is 5. The number of hydrogen-bond donors (Lipinski definition) is 0.